The molecule has 3 nitrogen and oxygen atoms in total. The van der Waals surface area contributed by atoms with Crippen LogP contribution >= 0.6 is 0 Å². The van der Waals surface area contributed by atoms with Gasteiger partial charge in [0.1, 0.15) is 0 Å². The Morgan fingerprint density at radius 2 is 1.71 bits per heavy atom. The molecule has 0 fully saturated rings. The van der Waals surface area contributed by atoms with Crippen molar-refractivity contribution >= 4 is 0 Å². The first-order valence-corrected chi connectivity index (χ1v) is 5.77. The average molecular weight is 202 g/mol. The summed E-state index contributed by atoms with van der Waals surface area (Å²) in [5.74, 6) is 0. The fourth-order valence-corrected chi connectivity index (χ4v) is 1.53. The molecule has 0 amide bonds. The van der Waals surface area contributed by atoms with Crippen LogP contribution in [0.2, 0.25) is 0 Å². The summed E-state index contributed by atoms with van der Waals surface area (Å²) < 4.78 is 0. The predicted octanol–water partition coefficient (Wildman–Crippen LogP) is 1.21. The van der Waals surface area contributed by atoms with Gasteiger partial charge in [-0.15, -0.1) is 0 Å². The van der Waals surface area contributed by atoms with Crippen molar-refractivity contribution in [2.24, 2.45) is 5.73 Å². The van der Waals surface area contributed by atoms with Crippen molar-refractivity contribution in [1.82, 2.24) is 4.90 Å². The van der Waals surface area contributed by atoms with Gasteiger partial charge in [0, 0.05) is 12.6 Å². The number of rotatable bonds is 9. The van der Waals surface area contributed by atoms with E-state index >= 15 is 0 Å². The predicted molar refractivity (Wildman–Crippen MR) is 61.3 cm³/mol. The van der Waals surface area contributed by atoms with E-state index in [1.807, 2.05) is 0 Å². The van der Waals surface area contributed by atoms with E-state index < -0.39 is 0 Å². The van der Waals surface area contributed by atoms with Crippen LogP contribution in [0.25, 0.3) is 0 Å². The fraction of sp³-hybridized carbons (Fsp3) is 1.00. The van der Waals surface area contributed by atoms with E-state index in [1.54, 1.807) is 0 Å². The Morgan fingerprint density at radius 3 is 2.21 bits per heavy atom. The molecule has 14 heavy (non-hydrogen) atoms. The fourth-order valence-electron chi connectivity index (χ4n) is 1.53. The second-order valence-corrected chi connectivity index (χ2v) is 4.06. The van der Waals surface area contributed by atoms with Crippen LogP contribution in [-0.4, -0.2) is 42.3 Å². The highest BCUT2D eigenvalue weighted by Crippen LogP contribution is 2.03. The maximum absolute atomic E-state index is 8.65. The van der Waals surface area contributed by atoms with Crippen LogP contribution in [0.4, 0.5) is 0 Å². The molecule has 0 aliphatic heterocycles. The summed E-state index contributed by atoms with van der Waals surface area (Å²) >= 11 is 0. The van der Waals surface area contributed by atoms with Gasteiger partial charge < -0.3 is 15.7 Å². The normalized spacial score (nSPS) is 11.6. The zero-order valence-electron chi connectivity index (χ0n) is 9.71. The van der Waals surface area contributed by atoms with Crippen LogP contribution in [0.5, 0.6) is 0 Å². The molecule has 0 aliphatic rings. The molecule has 86 valence electrons. The van der Waals surface area contributed by atoms with Crippen molar-refractivity contribution in [1.29, 1.82) is 0 Å². The van der Waals surface area contributed by atoms with Crippen LogP contribution in [0.15, 0.2) is 0 Å². The van der Waals surface area contributed by atoms with Crippen molar-refractivity contribution in [3.63, 3.8) is 0 Å². The Hall–Kier alpha value is -0.120. The van der Waals surface area contributed by atoms with Crippen molar-refractivity contribution in [2.75, 3.05) is 26.2 Å². The molecule has 3 heteroatoms. The highest BCUT2D eigenvalue weighted by Gasteiger charge is 2.07. The van der Waals surface area contributed by atoms with E-state index in [2.05, 4.69) is 18.7 Å². The molecular formula is C11H26N2O. The third-order valence-corrected chi connectivity index (χ3v) is 2.48. The van der Waals surface area contributed by atoms with Crippen LogP contribution in [0.3, 0.4) is 0 Å². The van der Waals surface area contributed by atoms with Gasteiger partial charge in [-0.05, 0) is 59.2 Å². The molecule has 0 unspecified atom stereocenters. The standard InChI is InChI=1S/C11H26N2O/c1-11(2)13(9-6-7-12)8-4-3-5-10-14/h11,14H,3-10,12H2,1-2H3. The van der Waals surface area contributed by atoms with Gasteiger partial charge in [-0.1, -0.05) is 0 Å². The van der Waals surface area contributed by atoms with Gasteiger partial charge in [0.25, 0.3) is 0 Å². The molecule has 0 spiro atoms. The first-order chi connectivity index (χ1) is 6.72. The number of nitrogens with zero attached hydrogens (tertiary/aromatic N) is 1. The lowest BCUT2D eigenvalue weighted by atomic mass is 10.2. The third-order valence-electron chi connectivity index (χ3n) is 2.48. The Bertz CT molecular complexity index is 118. The molecule has 0 aromatic carbocycles. The summed E-state index contributed by atoms with van der Waals surface area (Å²) in [4.78, 5) is 2.46. The molecule has 0 saturated carbocycles. The second kappa shape index (κ2) is 9.44. The minimum atomic E-state index is 0.324. The molecule has 0 aliphatic carbocycles. The molecule has 0 atom stereocenters. The van der Waals surface area contributed by atoms with Crippen LogP contribution < -0.4 is 5.73 Å². The SMILES string of the molecule is CC(C)N(CCCN)CCCCCO. The molecular weight excluding hydrogens is 176 g/mol. The Labute approximate surface area is 88.3 Å². The second-order valence-electron chi connectivity index (χ2n) is 4.06. The van der Waals surface area contributed by atoms with E-state index in [-0.39, 0.29) is 0 Å². The topological polar surface area (TPSA) is 49.5 Å². The maximum atomic E-state index is 8.65. The number of aliphatic hydroxyl groups is 1. The van der Waals surface area contributed by atoms with E-state index in [9.17, 15) is 0 Å². The summed E-state index contributed by atoms with van der Waals surface area (Å²) in [6, 6.07) is 0.607. The average Bonchev–Trinajstić information content (AvgIpc) is 2.16. The largest absolute Gasteiger partial charge is 0.396 e. The highest BCUT2D eigenvalue weighted by molar-refractivity contribution is 4.63. The Morgan fingerprint density at radius 1 is 1.07 bits per heavy atom. The van der Waals surface area contributed by atoms with Crippen LogP contribution in [0.1, 0.15) is 39.5 Å². The summed E-state index contributed by atoms with van der Waals surface area (Å²) in [6.45, 7) is 7.79. The zero-order valence-corrected chi connectivity index (χ0v) is 9.71. The van der Waals surface area contributed by atoms with Crippen molar-refractivity contribution in [3.8, 4) is 0 Å². The molecule has 0 rings (SSSR count). The Balaban J connectivity index is 3.52. The van der Waals surface area contributed by atoms with Gasteiger partial charge in [0.2, 0.25) is 0 Å². The van der Waals surface area contributed by atoms with Gasteiger partial charge in [-0.3, -0.25) is 0 Å². The zero-order chi connectivity index (χ0) is 10.8. The molecule has 3 N–H and O–H groups in total. The lowest BCUT2D eigenvalue weighted by Gasteiger charge is -2.26. The molecule has 0 aromatic heterocycles. The molecule has 0 saturated heterocycles. The lowest BCUT2D eigenvalue weighted by Crippen LogP contribution is -2.33. The van der Waals surface area contributed by atoms with Crippen LogP contribution in [0, 0.1) is 0 Å². The lowest BCUT2D eigenvalue weighted by molar-refractivity contribution is 0.211. The van der Waals surface area contributed by atoms with Gasteiger partial charge >= 0.3 is 0 Å². The summed E-state index contributed by atoms with van der Waals surface area (Å²) in [5.41, 5.74) is 5.49. The van der Waals surface area contributed by atoms with Gasteiger partial charge in [-0.25, -0.2) is 0 Å². The first kappa shape index (κ1) is 13.9. The molecule has 0 heterocycles. The molecule has 0 aromatic rings. The first-order valence-electron chi connectivity index (χ1n) is 5.77. The number of unbranched alkanes of at least 4 members (excludes halogenated alkanes) is 2. The Kier molecular flexibility index (Phi) is 9.35. The van der Waals surface area contributed by atoms with E-state index in [1.165, 1.54) is 6.42 Å². The molecule has 0 radical (unpaired) electrons. The number of hydrogen-bond acceptors (Lipinski definition) is 3. The smallest absolute Gasteiger partial charge is 0.0431 e. The number of nitrogens with two attached hydrogens (primary N) is 1. The van der Waals surface area contributed by atoms with Gasteiger partial charge in [-0.2, -0.15) is 0 Å². The van der Waals surface area contributed by atoms with E-state index in [0.29, 0.717) is 12.6 Å². The third kappa shape index (κ3) is 7.30. The van der Waals surface area contributed by atoms with Gasteiger partial charge in [0.05, 0.1) is 0 Å². The summed E-state index contributed by atoms with van der Waals surface area (Å²) in [5, 5.41) is 8.65. The maximum Gasteiger partial charge on any atom is 0.0431 e. The van der Waals surface area contributed by atoms with Crippen molar-refractivity contribution in [3.05, 3.63) is 0 Å². The number of hydrogen-bond donors (Lipinski definition) is 2. The minimum absolute atomic E-state index is 0.324. The van der Waals surface area contributed by atoms with E-state index in [4.69, 9.17) is 10.8 Å². The molecule has 0 bridgehead atoms. The summed E-state index contributed by atoms with van der Waals surface area (Å²) in [7, 11) is 0. The monoisotopic (exact) mass is 202 g/mol. The van der Waals surface area contributed by atoms with Gasteiger partial charge in [0.15, 0.2) is 0 Å². The number of aliphatic hydroxyl groups excluding tert-OH is 1. The van der Waals surface area contributed by atoms with E-state index in [0.717, 1.165) is 38.9 Å². The van der Waals surface area contributed by atoms with Crippen molar-refractivity contribution < 1.29 is 5.11 Å². The van der Waals surface area contributed by atoms with Crippen LogP contribution in [-0.2, 0) is 0 Å². The minimum Gasteiger partial charge on any atom is -0.396 e. The van der Waals surface area contributed by atoms with Crippen molar-refractivity contribution in [2.45, 2.75) is 45.6 Å². The summed E-state index contributed by atoms with van der Waals surface area (Å²) in [6.07, 6.45) is 4.33. The quantitative estimate of drug-likeness (QED) is 0.553. The highest BCUT2D eigenvalue weighted by atomic mass is 16.2.